The molecule has 0 aliphatic rings. The van der Waals surface area contributed by atoms with E-state index in [1.54, 1.807) is 7.05 Å². The molecule has 21 heavy (non-hydrogen) atoms. The molecule has 0 aromatic rings. The maximum atomic E-state index is 11.6. The Hall–Kier alpha value is -0.570. The van der Waals surface area contributed by atoms with E-state index >= 15 is 0 Å². The van der Waals surface area contributed by atoms with Crippen molar-refractivity contribution in [3.05, 3.63) is 0 Å². The number of guanidine groups is 1. The van der Waals surface area contributed by atoms with E-state index in [9.17, 15) is 4.79 Å². The summed E-state index contributed by atoms with van der Waals surface area (Å²) < 4.78 is 5.44. The van der Waals surface area contributed by atoms with Crippen LogP contribution in [0, 0.1) is 0 Å². The smallest absolute Gasteiger partial charge is 0.239 e. The number of halogens is 1. The third kappa shape index (κ3) is 15.6. The van der Waals surface area contributed by atoms with E-state index in [2.05, 4.69) is 27.9 Å². The average molecular weight is 414 g/mol. The summed E-state index contributed by atoms with van der Waals surface area (Å²) in [6, 6.07) is 0. The molecule has 7 heteroatoms. The quantitative estimate of drug-likeness (QED) is 0.244. The maximum absolute atomic E-state index is 11.6. The van der Waals surface area contributed by atoms with E-state index in [0.29, 0.717) is 19.1 Å². The van der Waals surface area contributed by atoms with Gasteiger partial charge in [-0.2, -0.15) is 0 Å². The van der Waals surface area contributed by atoms with Gasteiger partial charge in [-0.3, -0.25) is 9.79 Å². The molecule has 3 N–H and O–H groups in total. The molecule has 0 unspecified atom stereocenters. The Morgan fingerprint density at radius 1 is 1.19 bits per heavy atom. The summed E-state index contributed by atoms with van der Waals surface area (Å²) in [5.74, 6) is 0.549. The van der Waals surface area contributed by atoms with Crippen molar-refractivity contribution in [1.29, 1.82) is 0 Å². The van der Waals surface area contributed by atoms with Gasteiger partial charge in [0.15, 0.2) is 5.96 Å². The SMILES string of the molecule is CCCCOCCNC(=NC)NCC(=O)NC(C)(C)C.I. The van der Waals surface area contributed by atoms with Gasteiger partial charge in [-0.15, -0.1) is 24.0 Å². The van der Waals surface area contributed by atoms with E-state index < -0.39 is 0 Å². The average Bonchev–Trinajstić information content (AvgIpc) is 2.35. The van der Waals surface area contributed by atoms with Crippen LogP contribution in [0.4, 0.5) is 0 Å². The van der Waals surface area contributed by atoms with Gasteiger partial charge >= 0.3 is 0 Å². The third-order valence-corrected chi connectivity index (χ3v) is 2.34. The van der Waals surface area contributed by atoms with Crippen LogP contribution in [-0.2, 0) is 9.53 Å². The number of hydrogen-bond acceptors (Lipinski definition) is 3. The van der Waals surface area contributed by atoms with E-state index in [1.165, 1.54) is 0 Å². The van der Waals surface area contributed by atoms with Crippen molar-refractivity contribution in [2.75, 3.05) is 33.4 Å². The van der Waals surface area contributed by atoms with Crippen molar-refractivity contribution < 1.29 is 9.53 Å². The Labute approximate surface area is 145 Å². The molecule has 0 aliphatic carbocycles. The predicted octanol–water partition coefficient (Wildman–Crippen LogP) is 1.50. The number of amides is 1. The van der Waals surface area contributed by atoms with Gasteiger partial charge in [0.25, 0.3) is 0 Å². The Morgan fingerprint density at radius 3 is 2.38 bits per heavy atom. The van der Waals surface area contributed by atoms with Gasteiger partial charge in [-0.1, -0.05) is 13.3 Å². The van der Waals surface area contributed by atoms with Crippen LogP contribution in [0.3, 0.4) is 0 Å². The number of nitrogens with one attached hydrogen (secondary N) is 3. The van der Waals surface area contributed by atoms with Crippen LogP contribution in [0.1, 0.15) is 40.5 Å². The Bertz CT molecular complexity index is 304. The van der Waals surface area contributed by atoms with Crippen LogP contribution < -0.4 is 16.0 Å². The highest BCUT2D eigenvalue weighted by atomic mass is 127. The van der Waals surface area contributed by atoms with Gasteiger partial charge in [-0.05, 0) is 27.2 Å². The number of carbonyl (C=O) groups excluding carboxylic acids is 1. The second kappa shape index (κ2) is 13.1. The molecule has 126 valence electrons. The van der Waals surface area contributed by atoms with Crippen LogP contribution >= 0.6 is 24.0 Å². The largest absolute Gasteiger partial charge is 0.380 e. The molecule has 0 bridgehead atoms. The van der Waals surface area contributed by atoms with Crippen molar-refractivity contribution >= 4 is 35.8 Å². The first-order chi connectivity index (χ1) is 9.39. The molecule has 0 rings (SSSR count). The zero-order valence-corrected chi connectivity index (χ0v) is 16.2. The lowest BCUT2D eigenvalue weighted by atomic mass is 10.1. The minimum absolute atomic E-state index is 0. The van der Waals surface area contributed by atoms with Crippen LogP contribution in [0.25, 0.3) is 0 Å². The summed E-state index contributed by atoms with van der Waals surface area (Å²) in [6.07, 6.45) is 2.22. The second-order valence-electron chi connectivity index (χ2n) is 5.62. The molecule has 0 aliphatic heterocycles. The van der Waals surface area contributed by atoms with Crippen LogP contribution in [-0.4, -0.2) is 50.8 Å². The number of aliphatic imine (C=N–C) groups is 1. The molecule has 0 saturated heterocycles. The summed E-state index contributed by atoms with van der Waals surface area (Å²) in [6.45, 7) is 10.3. The lowest BCUT2D eigenvalue weighted by Crippen LogP contribution is -2.48. The fraction of sp³-hybridized carbons (Fsp3) is 0.857. The predicted molar refractivity (Wildman–Crippen MR) is 98.4 cm³/mol. The molecule has 0 spiro atoms. The van der Waals surface area contributed by atoms with Crippen molar-refractivity contribution in [3.63, 3.8) is 0 Å². The molecule has 6 nitrogen and oxygen atoms in total. The molecule has 0 heterocycles. The minimum atomic E-state index is -0.219. The first-order valence-electron chi connectivity index (χ1n) is 7.22. The number of nitrogens with zero attached hydrogens (tertiary/aromatic N) is 1. The topological polar surface area (TPSA) is 74.8 Å². The Kier molecular flexibility index (Phi) is 14.2. The number of rotatable bonds is 8. The fourth-order valence-electron chi connectivity index (χ4n) is 1.44. The summed E-state index contributed by atoms with van der Waals surface area (Å²) in [5, 5.41) is 8.94. The third-order valence-electron chi connectivity index (χ3n) is 2.34. The molecular weight excluding hydrogens is 383 g/mol. The fourth-order valence-corrected chi connectivity index (χ4v) is 1.44. The molecule has 0 saturated carbocycles. The number of carbonyl (C=O) groups is 1. The summed E-state index contributed by atoms with van der Waals surface area (Å²) in [4.78, 5) is 15.7. The minimum Gasteiger partial charge on any atom is -0.380 e. The van der Waals surface area contributed by atoms with Gasteiger partial charge < -0.3 is 20.7 Å². The number of ether oxygens (including phenoxy) is 1. The molecule has 0 fully saturated rings. The van der Waals surface area contributed by atoms with E-state index in [0.717, 1.165) is 19.4 Å². The van der Waals surface area contributed by atoms with Gasteiger partial charge in [-0.25, -0.2) is 0 Å². The molecule has 0 radical (unpaired) electrons. The summed E-state index contributed by atoms with van der Waals surface area (Å²) >= 11 is 0. The van der Waals surface area contributed by atoms with Gasteiger partial charge in [0, 0.05) is 25.7 Å². The van der Waals surface area contributed by atoms with Gasteiger partial charge in [0.05, 0.1) is 13.2 Å². The van der Waals surface area contributed by atoms with E-state index in [-0.39, 0.29) is 42.0 Å². The molecular formula is C14H31IN4O2. The second-order valence-corrected chi connectivity index (χ2v) is 5.62. The molecule has 0 aromatic carbocycles. The molecule has 0 aromatic heterocycles. The zero-order chi connectivity index (χ0) is 15.4. The lowest BCUT2D eigenvalue weighted by Gasteiger charge is -2.21. The van der Waals surface area contributed by atoms with Crippen molar-refractivity contribution in [3.8, 4) is 0 Å². The summed E-state index contributed by atoms with van der Waals surface area (Å²) in [5.41, 5.74) is -0.219. The standard InChI is InChI=1S/C14H30N4O2.HI/c1-6-7-9-20-10-8-16-13(15-5)17-11-12(19)18-14(2,3)4;/h6-11H2,1-5H3,(H,18,19)(H2,15,16,17);1H. The highest BCUT2D eigenvalue weighted by Gasteiger charge is 2.13. The number of hydrogen-bond donors (Lipinski definition) is 3. The highest BCUT2D eigenvalue weighted by Crippen LogP contribution is 1.97. The molecule has 1 amide bonds. The zero-order valence-electron chi connectivity index (χ0n) is 13.9. The Morgan fingerprint density at radius 2 is 1.86 bits per heavy atom. The number of unbranched alkanes of at least 4 members (excludes halogenated alkanes) is 1. The van der Waals surface area contributed by atoms with E-state index in [1.807, 2.05) is 20.8 Å². The van der Waals surface area contributed by atoms with E-state index in [4.69, 9.17) is 4.74 Å². The van der Waals surface area contributed by atoms with Crippen molar-refractivity contribution in [2.24, 2.45) is 4.99 Å². The van der Waals surface area contributed by atoms with Crippen molar-refractivity contribution in [2.45, 2.75) is 46.1 Å². The maximum Gasteiger partial charge on any atom is 0.239 e. The first-order valence-corrected chi connectivity index (χ1v) is 7.22. The van der Waals surface area contributed by atoms with Crippen molar-refractivity contribution in [1.82, 2.24) is 16.0 Å². The van der Waals surface area contributed by atoms with Crippen LogP contribution in [0.5, 0.6) is 0 Å². The van der Waals surface area contributed by atoms with Crippen LogP contribution in [0.15, 0.2) is 4.99 Å². The first kappa shape index (κ1) is 22.7. The van der Waals surface area contributed by atoms with Gasteiger partial charge in [0.1, 0.15) is 0 Å². The Balaban J connectivity index is 0. The van der Waals surface area contributed by atoms with Gasteiger partial charge in [0.2, 0.25) is 5.91 Å². The normalized spacial score (nSPS) is 11.6. The molecule has 0 atom stereocenters. The monoisotopic (exact) mass is 414 g/mol. The van der Waals surface area contributed by atoms with Crippen LogP contribution in [0.2, 0.25) is 0 Å². The summed E-state index contributed by atoms with van der Waals surface area (Å²) in [7, 11) is 1.68. The highest BCUT2D eigenvalue weighted by molar-refractivity contribution is 14.0. The lowest BCUT2D eigenvalue weighted by molar-refractivity contribution is -0.121.